The SMILES string of the molecule is Cc1nc2ccc(OC(=O)C(F)(F)F)cc2o1. The van der Waals surface area contributed by atoms with Crippen molar-refractivity contribution in [3.8, 4) is 5.75 Å². The van der Waals surface area contributed by atoms with Crippen LogP contribution in [-0.4, -0.2) is 17.1 Å². The standard InChI is InChI=1S/C10H6F3NO3/c1-5-14-7-3-2-6(4-8(7)16-5)17-9(15)10(11,12)13/h2-4H,1H3. The van der Waals surface area contributed by atoms with Crippen molar-refractivity contribution in [3.05, 3.63) is 24.1 Å². The van der Waals surface area contributed by atoms with Crippen LogP contribution in [-0.2, 0) is 4.79 Å². The van der Waals surface area contributed by atoms with E-state index in [2.05, 4.69) is 9.72 Å². The topological polar surface area (TPSA) is 52.3 Å². The molecular formula is C10H6F3NO3. The quantitative estimate of drug-likeness (QED) is 0.572. The van der Waals surface area contributed by atoms with Crippen molar-refractivity contribution in [2.45, 2.75) is 13.1 Å². The third-order valence-corrected chi connectivity index (χ3v) is 1.91. The average Bonchev–Trinajstić information content (AvgIpc) is 2.55. The van der Waals surface area contributed by atoms with Crippen LogP contribution in [0.5, 0.6) is 5.75 Å². The van der Waals surface area contributed by atoms with Crippen molar-refractivity contribution in [3.63, 3.8) is 0 Å². The molecule has 1 aromatic heterocycles. The number of fused-ring (bicyclic) bond motifs is 1. The summed E-state index contributed by atoms with van der Waals surface area (Å²) in [6.07, 6.45) is -5.02. The molecular weight excluding hydrogens is 239 g/mol. The zero-order chi connectivity index (χ0) is 12.6. The number of esters is 1. The first-order chi connectivity index (χ1) is 7.86. The highest BCUT2D eigenvalue weighted by Crippen LogP contribution is 2.24. The Morgan fingerprint density at radius 3 is 2.76 bits per heavy atom. The predicted molar refractivity (Wildman–Crippen MR) is 50.4 cm³/mol. The molecule has 0 saturated heterocycles. The van der Waals surface area contributed by atoms with Gasteiger partial charge in [-0.1, -0.05) is 0 Å². The summed E-state index contributed by atoms with van der Waals surface area (Å²) < 4.78 is 45.1. The summed E-state index contributed by atoms with van der Waals surface area (Å²) in [5.74, 6) is -2.14. The highest BCUT2D eigenvalue weighted by molar-refractivity contribution is 5.80. The van der Waals surface area contributed by atoms with E-state index in [4.69, 9.17) is 4.42 Å². The molecule has 0 aliphatic heterocycles. The number of aromatic nitrogens is 1. The Morgan fingerprint density at radius 2 is 2.12 bits per heavy atom. The molecule has 0 saturated carbocycles. The fourth-order valence-corrected chi connectivity index (χ4v) is 1.25. The molecule has 0 atom stereocenters. The van der Waals surface area contributed by atoms with Gasteiger partial charge in [0.15, 0.2) is 11.5 Å². The van der Waals surface area contributed by atoms with E-state index in [-0.39, 0.29) is 11.3 Å². The number of oxazole rings is 1. The van der Waals surface area contributed by atoms with Crippen LogP contribution in [0.15, 0.2) is 22.6 Å². The molecule has 0 aliphatic rings. The molecule has 1 heterocycles. The van der Waals surface area contributed by atoms with E-state index >= 15 is 0 Å². The van der Waals surface area contributed by atoms with E-state index in [1.807, 2.05) is 0 Å². The summed E-state index contributed by atoms with van der Waals surface area (Å²) in [4.78, 5) is 14.5. The van der Waals surface area contributed by atoms with E-state index in [0.29, 0.717) is 11.4 Å². The molecule has 0 aliphatic carbocycles. The van der Waals surface area contributed by atoms with Gasteiger partial charge >= 0.3 is 12.1 Å². The zero-order valence-corrected chi connectivity index (χ0v) is 8.54. The Labute approximate surface area is 93.0 Å². The number of alkyl halides is 3. The molecule has 17 heavy (non-hydrogen) atoms. The minimum Gasteiger partial charge on any atom is -0.441 e. The van der Waals surface area contributed by atoms with Crippen LogP contribution >= 0.6 is 0 Å². The van der Waals surface area contributed by atoms with Gasteiger partial charge in [0.25, 0.3) is 0 Å². The smallest absolute Gasteiger partial charge is 0.441 e. The average molecular weight is 245 g/mol. The molecule has 2 aromatic rings. The highest BCUT2D eigenvalue weighted by atomic mass is 19.4. The maximum Gasteiger partial charge on any atom is 0.491 e. The van der Waals surface area contributed by atoms with Crippen molar-refractivity contribution in [1.29, 1.82) is 0 Å². The zero-order valence-electron chi connectivity index (χ0n) is 8.54. The van der Waals surface area contributed by atoms with Crippen LogP contribution in [0, 0.1) is 6.92 Å². The fraction of sp³-hybridized carbons (Fsp3) is 0.200. The van der Waals surface area contributed by atoms with E-state index in [9.17, 15) is 18.0 Å². The van der Waals surface area contributed by atoms with Crippen LogP contribution in [0.1, 0.15) is 5.89 Å². The monoisotopic (exact) mass is 245 g/mol. The number of hydrogen-bond donors (Lipinski definition) is 0. The van der Waals surface area contributed by atoms with Gasteiger partial charge in [0.1, 0.15) is 11.3 Å². The molecule has 0 fully saturated rings. The van der Waals surface area contributed by atoms with Crippen LogP contribution < -0.4 is 4.74 Å². The molecule has 0 N–H and O–H groups in total. The molecule has 0 radical (unpaired) electrons. The lowest BCUT2D eigenvalue weighted by Gasteiger charge is -2.05. The minimum atomic E-state index is -5.02. The van der Waals surface area contributed by atoms with E-state index in [0.717, 1.165) is 0 Å². The number of benzene rings is 1. The van der Waals surface area contributed by atoms with Crippen molar-refractivity contribution in [2.75, 3.05) is 0 Å². The predicted octanol–water partition coefficient (Wildman–Crippen LogP) is 2.60. The summed E-state index contributed by atoms with van der Waals surface area (Å²) in [6.45, 7) is 1.60. The normalized spacial score (nSPS) is 11.8. The van der Waals surface area contributed by atoms with E-state index in [1.54, 1.807) is 6.92 Å². The Hall–Kier alpha value is -2.05. The maximum atomic E-state index is 11.9. The number of hydrogen-bond acceptors (Lipinski definition) is 4. The number of carbonyl (C=O) groups excluding carboxylic acids is 1. The summed E-state index contributed by atoms with van der Waals surface area (Å²) in [5.41, 5.74) is 0.740. The second-order valence-corrected chi connectivity index (χ2v) is 3.25. The van der Waals surface area contributed by atoms with Crippen molar-refractivity contribution < 1.29 is 27.1 Å². The van der Waals surface area contributed by atoms with Crippen molar-refractivity contribution in [1.82, 2.24) is 4.98 Å². The fourth-order valence-electron chi connectivity index (χ4n) is 1.25. The molecule has 0 spiro atoms. The van der Waals surface area contributed by atoms with Gasteiger partial charge in [0, 0.05) is 13.0 Å². The second-order valence-electron chi connectivity index (χ2n) is 3.25. The second kappa shape index (κ2) is 3.76. The third kappa shape index (κ3) is 2.38. The first-order valence-electron chi connectivity index (χ1n) is 4.52. The number of ether oxygens (including phenoxy) is 1. The van der Waals surface area contributed by atoms with Gasteiger partial charge < -0.3 is 9.15 Å². The van der Waals surface area contributed by atoms with E-state index < -0.39 is 12.1 Å². The Bertz CT molecular complexity index is 574. The molecule has 1 aromatic carbocycles. The number of carbonyl (C=O) groups is 1. The molecule has 0 amide bonds. The summed E-state index contributed by atoms with van der Waals surface area (Å²) in [5, 5.41) is 0. The third-order valence-electron chi connectivity index (χ3n) is 1.91. The first kappa shape index (κ1) is 11.4. The first-order valence-corrected chi connectivity index (χ1v) is 4.52. The number of rotatable bonds is 1. The summed E-state index contributed by atoms with van der Waals surface area (Å²) >= 11 is 0. The molecule has 2 rings (SSSR count). The largest absolute Gasteiger partial charge is 0.491 e. The molecule has 90 valence electrons. The van der Waals surface area contributed by atoms with Gasteiger partial charge in [0.05, 0.1) is 0 Å². The lowest BCUT2D eigenvalue weighted by Crippen LogP contribution is -2.27. The molecule has 4 nitrogen and oxygen atoms in total. The Kier molecular flexibility index (Phi) is 2.53. The molecule has 7 heteroatoms. The number of aryl methyl sites for hydroxylation is 1. The summed E-state index contributed by atoms with van der Waals surface area (Å²) in [7, 11) is 0. The van der Waals surface area contributed by atoms with Gasteiger partial charge in [0.2, 0.25) is 0 Å². The van der Waals surface area contributed by atoms with Gasteiger partial charge in [-0.15, -0.1) is 0 Å². The van der Waals surface area contributed by atoms with Crippen LogP contribution in [0.3, 0.4) is 0 Å². The van der Waals surface area contributed by atoms with Crippen molar-refractivity contribution >= 4 is 17.1 Å². The Morgan fingerprint density at radius 1 is 1.41 bits per heavy atom. The molecule has 0 unspecified atom stereocenters. The lowest BCUT2D eigenvalue weighted by atomic mass is 10.3. The highest BCUT2D eigenvalue weighted by Gasteiger charge is 2.41. The van der Waals surface area contributed by atoms with Crippen LogP contribution in [0.25, 0.3) is 11.1 Å². The Balaban J connectivity index is 2.28. The molecule has 0 bridgehead atoms. The van der Waals surface area contributed by atoms with Gasteiger partial charge in [-0.2, -0.15) is 13.2 Å². The van der Waals surface area contributed by atoms with Crippen LogP contribution in [0.4, 0.5) is 13.2 Å². The van der Waals surface area contributed by atoms with Gasteiger partial charge in [-0.25, -0.2) is 9.78 Å². The van der Waals surface area contributed by atoms with Crippen LogP contribution in [0.2, 0.25) is 0 Å². The number of nitrogens with zero attached hydrogens (tertiary/aromatic N) is 1. The lowest BCUT2D eigenvalue weighted by molar-refractivity contribution is -0.189. The van der Waals surface area contributed by atoms with Gasteiger partial charge in [-0.05, 0) is 12.1 Å². The summed E-state index contributed by atoms with van der Waals surface area (Å²) in [6, 6.07) is 3.80. The van der Waals surface area contributed by atoms with Crippen molar-refractivity contribution in [2.24, 2.45) is 0 Å². The van der Waals surface area contributed by atoms with E-state index in [1.165, 1.54) is 18.2 Å². The minimum absolute atomic E-state index is 0.240. The number of halogens is 3. The maximum absolute atomic E-state index is 11.9. The van der Waals surface area contributed by atoms with Gasteiger partial charge in [-0.3, -0.25) is 0 Å².